The molecule has 1 heterocycles. The van der Waals surface area contributed by atoms with Crippen molar-refractivity contribution in [2.45, 2.75) is 13.3 Å². The van der Waals surface area contributed by atoms with E-state index in [1.54, 1.807) is 7.05 Å². The molecule has 4 aromatic carbocycles. The van der Waals surface area contributed by atoms with Gasteiger partial charge in [-0.25, -0.2) is 4.99 Å². The van der Waals surface area contributed by atoms with Gasteiger partial charge in [0.05, 0.1) is 0 Å². The molecular formula is C31H27N3O. The number of hydrogen-bond acceptors (Lipinski definition) is 2. The van der Waals surface area contributed by atoms with E-state index >= 15 is 0 Å². The fourth-order valence-electron chi connectivity index (χ4n) is 4.22. The normalized spacial score (nSPS) is 12.3. The Labute approximate surface area is 205 Å². The Hall–Kier alpha value is -4.44. The topological polar surface area (TPSA) is 49.9 Å². The van der Waals surface area contributed by atoms with E-state index in [9.17, 15) is 0 Å². The third-order valence-corrected chi connectivity index (χ3v) is 6.05. The number of para-hydroxylation sites is 1. The van der Waals surface area contributed by atoms with E-state index in [-0.39, 0.29) is 0 Å². The predicted molar refractivity (Wildman–Crippen MR) is 147 cm³/mol. The number of amidine groups is 2. The second kappa shape index (κ2) is 9.82. The van der Waals surface area contributed by atoms with Crippen LogP contribution in [-0.2, 0) is 0 Å². The summed E-state index contributed by atoms with van der Waals surface area (Å²) in [5.41, 5.74) is 6.59. The Balaban J connectivity index is 1.79. The molecule has 1 N–H and O–H groups in total. The Kier molecular flexibility index (Phi) is 6.27. The van der Waals surface area contributed by atoms with Gasteiger partial charge < -0.3 is 9.73 Å². The van der Waals surface area contributed by atoms with Crippen molar-refractivity contribution in [3.63, 3.8) is 0 Å². The average Bonchev–Trinajstić information content (AvgIpc) is 3.31. The summed E-state index contributed by atoms with van der Waals surface area (Å²) < 4.78 is 6.44. The lowest BCUT2D eigenvalue weighted by Gasteiger charge is -2.15. The minimum Gasteiger partial charge on any atom is -0.455 e. The van der Waals surface area contributed by atoms with Crippen molar-refractivity contribution in [2.24, 2.45) is 9.98 Å². The van der Waals surface area contributed by atoms with Gasteiger partial charge >= 0.3 is 0 Å². The average molecular weight is 458 g/mol. The highest BCUT2D eigenvalue weighted by Gasteiger charge is 2.20. The number of hydrogen-bond donors (Lipinski definition) is 1. The quantitative estimate of drug-likeness (QED) is 0.218. The molecule has 5 aromatic rings. The molecule has 35 heavy (non-hydrogen) atoms. The van der Waals surface area contributed by atoms with Crippen LogP contribution < -0.4 is 5.32 Å². The van der Waals surface area contributed by atoms with Crippen molar-refractivity contribution in [3.05, 3.63) is 120 Å². The van der Waals surface area contributed by atoms with Gasteiger partial charge in [-0.15, -0.1) is 0 Å². The van der Waals surface area contributed by atoms with Gasteiger partial charge in [0, 0.05) is 40.2 Å². The molecule has 0 unspecified atom stereocenters. The summed E-state index contributed by atoms with van der Waals surface area (Å²) in [4.78, 5) is 9.50. The van der Waals surface area contributed by atoms with Crippen LogP contribution in [-0.4, -0.2) is 18.7 Å². The first-order valence-electron chi connectivity index (χ1n) is 11.7. The minimum atomic E-state index is 0.644. The zero-order valence-corrected chi connectivity index (χ0v) is 20.0. The van der Waals surface area contributed by atoms with Crippen molar-refractivity contribution < 1.29 is 4.42 Å². The molecule has 1 aromatic heterocycles. The summed E-state index contributed by atoms with van der Waals surface area (Å²) >= 11 is 0. The Morgan fingerprint density at radius 2 is 1.54 bits per heavy atom. The molecule has 0 aliphatic rings. The summed E-state index contributed by atoms with van der Waals surface area (Å²) in [6.07, 6.45) is 0.778. The number of aliphatic imine (C=N–C) groups is 2. The third kappa shape index (κ3) is 4.38. The van der Waals surface area contributed by atoms with Crippen LogP contribution >= 0.6 is 0 Å². The number of furan rings is 1. The van der Waals surface area contributed by atoms with Gasteiger partial charge in [-0.2, -0.15) is 0 Å². The lowest BCUT2D eigenvalue weighted by Crippen LogP contribution is -2.25. The fourth-order valence-corrected chi connectivity index (χ4v) is 4.22. The van der Waals surface area contributed by atoms with Crippen LogP contribution in [0.25, 0.3) is 33.1 Å². The number of rotatable bonds is 5. The van der Waals surface area contributed by atoms with E-state index in [2.05, 4.69) is 54.1 Å². The van der Waals surface area contributed by atoms with Crippen LogP contribution in [0.5, 0.6) is 0 Å². The molecule has 0 saturated heterocycles. The molecule has 0 amide bonds. The lowest BCUT2D eigenvalue weighted by molar-refractivity contribution is 0.670. The first-order chi connectivity index (χ1) is 17.2. The van der Waals surface area contributed by atoms with Crippen molar-refractivity contribution in [2.75, 3.05) is 7.05 Å². The van der Waals surface area contributed by atoms with E-state index in [1.807, 2.05) is 66.7 Å². The van der Waals surface area contributed by atoms with Gasteiger partial charge in [0.25, 0.3) is 0 Å². The molecule has 4 nitrogen and oxygen atoms in total. The maximum absolute atomic E-state index is 6.44. The molecule has 0 bridgehead atoms. The van der Waals surface area contributed by atoms with Gasteiger partial charge in [-0.1, -0.05) is 92.4 Å². The lowest BCUT2D eigenvalue weighted by atomic mass is 9.97. The summed E-state index contributed by atoms with van der Waals surface area (Å²) in [5.74, 6) is 1.34. The monoisotopic (exact) mass is 457 g/mol. The third-order valence-electron chi connectivity index (χ3n) is 6.05. The van der Waals surface area contributed by atoms with Crippen LogP contribution in [0.1, 0.15) is 24.5 Å². The van der Waals surface area contributed by atoms with Gasteiger partial charge in [-0.3, -0.25) is 4.99 Å². The molecule has 0 fully saturated rings. The van der Waals surface area contributed by atoms with Gasteiger partial charge in [0.2, 0.25) is 0 Å². The second-order valence-electron chi connectivity index (χ2n) is 8.28. The summed E-state index contributed by atoms with van der Waals surface area (Å²) in [6.45, 7) is 6.25. The molecule has 5 rings (SSSR count). The summed E-state index contributed by atoms with van der Waals surface area (Å²) in [7, 11) is 1.76. The van der Waals surface area contributed by atoms with Crippen molar-refractivity contribution in [1.82, 2.24) is 5.32 Å². The van der Waals surface area contributed by atoms with Crippen LogP contribution in [0.4, 0.5) is 0 Å². The molecule has 0 aliphatic carbocycles. The van der Waals surface area contributed by atoms with E-state index in [4.69, 9.17) is 9.41 Å². The van der Waals surface area contributed by atoms with Crippen LogP contribution in [0.3, 0.4) is 0 Å². The van der Waals surface area contributed by atoms with E-state index in [0.717, 1.165) is 56.3 Å². The fraction of sp³-hybridized carbons (Fsp3) is 0.0968. The number of nitrogens with zero attached hydrogens (tertiary/aromatic N) is 2. The maximum Gasteiger partial charge on any atom is 0.156 e. The number of nitrogens with one attached hydrogen (secondary N) is 1. The SMILES string of the molecule is C=C(CC)NC(=NC(=NC)c1ccccc1)c1ccc(-c2ccccc2)c2oc3ccccc3c12. The number of benzene rings is 4. The first-order valence-corrected chi connectivity index (χ1v) is 11.7. The molecule has 0 saturated carbocycles. The molecule has 4 heteroatoms. The Morgan fingerprint density at radius 3 is 2.26 bits per heavy atom. The smallest absolute Gasteiger partial charge is 0.156 e. The Bertz CT molecular complexity index is 1560. The molecule has 0 aliphatic heterocycles. The first kappa shape index (κ1) is 22.4. The van der Waals surface area contributed by atoms with Crippen LogP contribution in [0, 0.1) is 0 Å². The maximum atomic E-state index is 6.44. The van der Waals surface area contributed by atoms with Crippen molar-refractivity contribution >= 4 is 33.6 Å². The number of allylic oxidation sites excluding steroid dienone is 1. The van der Waals surface area contributed by atoms with Gasteiger partial charge in [0.1, 0.15) is 17.0 Å². The van der Waals surface area contributed by atoms with Crippen LogP contribution in [0.2, 0.25) is 0 Å². The minimum absolute atomic E-state index is 0.644. The highest BCUT2D eigenvalue weighted by molar-refractivity contribution is 6.23. The Morgan fingerprint density at radius 1 is 0.857 bits per heavy atom. The predicted octanol–water partition coefficient (Wildman–Crippen LogP) is 7.59. The highest BCUT2D eigenvalue weighted by Crippen LogP contribution is 2.38. The molecular weight excluding hydrogens is 430 g/mol. The summed E-state index contributed by atoms with van der Waals surface area (Å²) in [6, 6.07) is 32.7. The molecule has 0 radical (unpaired) electrons. The largest absolute Gasteiger partial charge is 0.455 e. The van der Waals surface area contributed by atoms with Gasteiger partial charge in [-0.05, 0) is 30.2 Å². The van der Waals surface area contributed by atoms with Crippen molar-refractivity contribution in [1.29, 1.82) is 0 Å². The molecule has 0 spiro atoms. The second-order valence-corrected chi connectivity index (χ2v) is 8.28. The van der Waals surface area contributed by atoms with E-state index in [0.29, 0.717) is 11.7 Å². The zero-order chi connectivity index (χ0) is 24.2. The van der Waals surface area contributed by atoms with Crippen LogP contribution in [0.15, 0.2) is 124 Å². The highest BCUT2D eigenvalue weighted by atomic mass is 16.3. The van der Waals surface area contributed by atoms with Gasteiger partial charge in [0.15, 0.2) is 5.84 Å². The van der Waals surface area contributed by atoms with Crippen molar-refractivity contribution in [3.8, 4) is 11.1 Å². The standard InChI is InChI=1S/C31H27N3O/c1-4-21(2)33-31(34-30(32-3)23-15-9-6-10-16-23)26-20-19-24(22-13-7-5-8-14-22)29-28(26)25-17-11-12-18-27(25)35-29/h5-20H,2,4H2,1,3H3,(H,32,33,34). The number of fused-ring (bicyclic) bond motifs is 3. The van der Waals surface area contributed by atoms with E-state index in [1.165, 1.54) is 0 Å². The van der Waals surface area contributed by atoms with E-state index < -0.39 is 0 Å². The summed E-state index contributed by atoms with van der Waals surface area (Å²) in [5, 5.41) is 5.51. The zero-order valence-electron chi connectivity index (χ0n) is 20.0. The molecule has 172 valence electrons. The molecule has 0 atom stereocenters.